The third-order valence-corrected chi connectivity index (χ3v) is 4.90. The van der Waals surface area contributed by atoms with Gasteiger partial charge in [0.15, 0.2) is 0 Å². The van der Waals surface area contributed by atoms with Crippen LogP contribution in [0.25, 0.3) is 0 Å². The topological polar surface area (TPSA) is 30.5 Å². The lowest BCUT2D eigenvalue weighted by Gasteiger charge is -2.38. The Morgan fingerprint density at radius 1 is 1.05 bits per heavy atom. The zero-order chi connectivity index (χ0) is 15.5. The van der Waals surface area contributed by atoms with Crippen LogP contribution in [0.3, 0.4) is 0 Å². The van der Waals surface area contributed by atoms with Crippen molar-refractivity contribution >= 4 is 0 Å². The van der Waals surface area contributed by atoms with E-state index in [2.05, 4.69) is 38.3 Å². The number of methoxy groups -OCH3 is 2. The Hall–Kier alpha value is -1.22. The monoisotopic (exact) mass is 291 g/mol. The summed E-state index contributed by atoms with van der Waals surface area (Å²) in [5.41, 5.74) is 1.76. The molecule has 1 aliphatic carbocycles. The van der Waals surface area contributed by atoms with Crippen LogP contribution < -0.4 is 14.8 Å². The van der Waals surface area contributed by atoms with Gasteiger partial charge in [-0.15, -0.1) is 0 Å². The molecule has 1 atom stereocenters. The molecule has 1 saturated carbocycles. The molecule has 1 aromatic carbocycles. The largest absolute Gasteiger partial charge is 0.497 e. The van der Waals surface area contributed by atoms with E-state index in [9.17, 15) is 0 Å². The van der Waals surface area contributed by atoms with Gasteiger partial charge in [-0.2, -0.15) is 0 Å². The summed E-state index contributed by atoms with van der Waals surface area (Å²) in [4.78, 5) is 0. The lowest BCUT2D eigenvalue weighted by Crippen LogP contribution is -2.31. The molecule has 1 N–H and O–H groups in total. The molecule has 1 fully saturated rings. The van der Waals surface area contributed by atoms with Gasteiger partial charge in [0.25, 0.3) is 0 Å². The lowest BCUT2D eigenvalue weighted by molar-refractivity contribution is 0.164. The minimum atomic E-state index is 0.366. The molecule has 0 spiro atoms. The fourth-order valence-electron chi connectivity index (χ4n) is 3.44. The minimum absolute atomic E-state index is 0.366. The van der Waals surface area contributed by atoms with E-state index in [1.807, 2.05) is 6.07 Å². The second kappa shape index (κ2) is 6.69. The van der Waals surface area contributed by atoms with E-state index in [4.69, 9.17) is 9.47 Å². The molecular weight excluding hydrogens is 262 g/mol. The average Bonchev–Trinajstić information content (AvgIpc) is 2.49. The molecule has 0 amide bonds. The zero-order valence-electron chi connectivity index (χ0n) is 14.0. The first-order valence-electron chi connectivity index (χ1n) is 7.89. The quantitative estimate of drug-likeness (QED) is 0.882. The second-order valence-corrected chi connectivity index (χ2v) is 6.91. The maximum atomic E-state index is 5.40. The Balaban J connectivity index is 2.21. The van der Waals surface area contributed by atoms with E-state index in [0.717, 1.165) is 11.5 Å². The van der Waals surface area contributed by atoms with Crippen molar-refractivity contribution in [1.29, 1.82) is 0 Å². The van der Waals surface area contributed by atoms with Gasteiger partial charge in [0.2, 0.25) is 0 Å². The third-order valence-electron chi connectivity index (χ3n) is 4.90. The molecule has 3 heteroatoms. The van der Waals surface area contributed by atoms with Crippen molar-refractivity contribution in [2.24, 2.45) is 11.3 Å². The summed E-state index contributed by atoms with van der Waals surface area (Å²) in [5.74, 6) is 2.40. The summed E-state index contributed by atoms with van der Waals surface area (Å²) in [7, 11) is 5.46. The Labute approximate surface area is 129 Å². The van der Waals surface area contributed by atoms with Gasteiger partial charge in [-0.25, -0.2) is 0 Å². The molecule has 0 saturated heterocycles. The Morgan fingerprint density at radius 2 is 1.57 bits per heavy atom. The van der Waals surface area contributed by atoms with Crippen LogP contribution in [0.2, 0.25) is 0 Å². The fraction of sp³-hybridized carbons (Fsp3) is 0.667. The highest BCUT2D eigenvalue weighted by Crippen LogP contribution is 2.43. The maximum absolute atomic E-state index is 5.40. The smallest absolute Gasteiger partial charge is 0.122 e. The number of nitrogens with one attached hydrogen (secondary N) is 1. The van der Waals surface area contributed by atoms with Gasteiger partial charge in [0.05, 0.1) is 14.2 Å². The van der Waals surface area contributed by atoms with Crippen LogP contribution in [-0.4, -0.2) is 21.3 Å². The fourth-order valence-corrected chi connectivity index (χ4v) is 3.44. The van der Waals surface area contributed by atoms with Crippen molar-refractivity contribution in [2.45, 2.75) is 45.6 Å². The predicted octanol–water partition coefficient (Wildman–Crippen LogP) is 4.18. The van der Waals surface area contributed by atoms with Crippen LogP contribution >= 0.6 is 0 Å². The normalized spacial score (nSPS) is 20.0. The van der Waals surface area contributed by atoms with E-state index in [1.165, 1.54) is 31.2 Å². The first-order valence-corrected chi connectivity index (χ1v) is 7.89. The van der Waals surface area contributed by atoms with Crippen molar-refractivity contribution in [3.05, 3.63) is 23.8 Å². The van der Waals surface area contributed by atoms with Gasteiger partial charge in [-0.05, 0) is 61.8 Å². The number of rotatable bonds is 5. The summed E-state index contributed by atoms with van der Waals surface area (Å²) < 4.78 is 10.8. The summed E-state index contributed by atoms with van der Waals surface area (Å²) in [6, 6.07) is 6.55. The molecule has 3 nitrogen and oxygen atoms in total. The molecular formula is C18H29NO2. The van der Waals surface area contributed by atoms with Gasteiger partial charge in [-0.1, -0.05) is 13.8 Å². The summed E-state index contributed by atoms with van der Waals surface area (Å²) in [5, 5.41) is 3.51. The van der Waals surface area contributed by atoms with E-state index < -0.39 is 0 Å². The maximum Gasteiger partial charge on any atom is 0.122 e. The molecule has 0 aliphatic heterocycles. The first-order chi connectivity index (χ1) is 9.99. The predicted molar refractivity (Wildman–Crippen MR) is 87.1 cm³/mol. The number of ether oxygens (including phenoxy) is 2. The van der Waals surface area contributed by atoms with Gasteiger partial charge in [0.1, 0.15) is 11.5 Å². The third kappa shape index (κ3) is 3.91. The van der Waals surface area contributed by atoms with Gasteiger partial charge in [-0.3, -0.25) is 0 Å². The molecule has 0 radical (unpaired) electrons. The van der Waals surface area contributed by atoms with Crippen LogP contribution in [0.15, 0.2) is 18.2 Å². The SMILES string of the molecule is CNC(c1cc(OC)cc(OC)c1)C1CCC(C)(C)CC1. The number of hydrogen-bond donors (Lipinski definition) is 1. The van der Waals surface area contributed by atoms with Crippen LogP contribution in [-0.2, 0) is 0 Å². The summed E-state index contributed by atoms with van der Waals surface area (Å²) in [6.45, 7) is 4.76. The minimum Gasteiger partial charge on any atom is -0.497 e. The van der Waals surface area contributed by atoms with Crippen LogP contribution in [0.1, 0.15) is 51.1 Å². The number of hydrogen-bond acceptors (Lipinski definition) is 3. The molecule has 1 aromatic rings. The standard InChI is InChI=1S/C18H29NO2/c1-18(2)8-6-13(7-9-18)17(19-3)14-10-15(20-4)12-16(11-14)21-5/h10-13,17,19H,6-9H2,1-5H3. The van der Waals surface area contributed by atoms with Gasteiger partial charge >= 0.3 is 0 Å². The molecule has 0 heterocycles. The van der Waals surface area contributed by atoms with E-state index >= 15 is 0 Å². The Kier molecular flexibility index (Phi) is 5.15. The van der Waals surface area contributed by atoms with Crippen LogP contribution in [0, 0.1) is 11.3 Å². The molecule has 1 aliphatic rings. The zero-order valence-corrected chi connectivity index (χ0v) is 14.0. The van der Waals surface area contributed by atoms with Gasteiger partial charge < -0.3 is 14.8 Å². The Morgan fingerprint density at radius 3 is 2.00 bits per heavy atom. The molecule has 21 heavy (non-hydrogen) atoms. The highest BCUT2D eigenvalue weighted by atomic mass is 16.5. The second-order valence-electron chi connectivity index (χ2n) is 6.91. The van der Waals surface area contributed by atoms with Crippen LogP contribution in [0.4, 0.5) is 0 Å². The Bertz CT molecular complexity index is 438. The van der Waals surface area contributed by atoms with E-state index in [-0.39, 0.29) is 0 Å². The van der Waals surface area contributed by atoms with Crippen LogP contribution in [0.5, 0.6) is 11.5 Å². The van der Waals surface area contributed by atoms with Crippen molar-refractivity contribution in [3.63, 3.8) is 0 Å². The van der Waals surface area contributed by atoms with Gasteiger partial charge in [0, 0.05) is 12.1 Å². The summed E-state index contributed by atoms with van der Waals surface area (Å²) in [6.07, 6.45) is 5.16. The van der Waals surface area contributed by atoms with E-state index in [0.29, 0.717) is 17.4 Å². The highest BCUT2D eigenvalue weighted by molar-refractivity contribution is 5.40. The summed E-state index contributed by atoms with van der Waals surface area (Å²) >= 11 is 0. The van der Waals surface area contributed by atoms with Crippen molar-refractivity contribution in [3.8, 4) is 11.5 Å². The lowest BCUT2D eigenvalue weighted by atomic mass is 9.70. The molecule has 1 unspecified atom stereocenters. The average molecular weight is 291 g/mol. The molecule has 0 bridgehead atoms. The van der Waals surface area contributed by atoms with Crippen molar-refractivity contribution in [1.82, 2.24) is 5.32 Å². The van der Waals surface area contributed by atoms with Crippen molar-refractivity contribution < 1.29 is 9.47 Å². The van der Waals surface area contributed by atoms with Crippen molar-refractivity contribution in [2.75, 3.05) is 21.3 Å². The van der Waals surface area contributed by atoms with E-state index in [1.54, 1.807) is 14.2 Å². The molecule has 118 valence electrons. The molecule has 0 aromatic heterocycles. The highest BCUT2D eigenvalue weighted by Gasteiger charge is 2.31. The molecule has 2 rings (SSSR count). The first kappa shape index (κ1) is 16.2. The number of benzene rings is 1.